The molecule has 8 nitrogen and oxygen atoms in total. The summed E-state index contributed by atoms with van der Waals surface area (Å²) in [5, 5.41) is 25.6. The molecule has 2 aromatic carbocycles. The third kappa shape index (κ3) is 3.33. The Bertz CT molecular complexity index is 834. The topological polar surface area (TPSA) is 121 Å². The first kappa shape index (κ1) is 15.5. The molecule has 0 aliphatic heterocycles. The number of hydrogen-bond acceptors (Lipinski definition) is 7. The molecule has 122 valence electrons. The molecule has 1 heterocycles. The van der Waals surface area contributed by atoms with E-state index in [2.05, 4.69) is 14.9 Å². The number of benzene rings is 2. The van der Waals surface area contributed by atoms with Crippen molar-refractivity contribution < 1.29 is 14.6 Å². The van der Waals surface area contributed by atoms with Crippen molar-refractivity contribution in [1.82, 2.24) is 10.3 Å². The van der Waals surface area contributed by atoms with Gasteiger partial charge in [0.15, 0.2) is 17.3 Å². The summed E-state index contributed by atoms with van der Waals surface area (Å²) in [7, 11) is 0. The number of nitrogens with zero attached hydrogens (tertiary/aromatic N) is 3. The highest BCUT2D eigenvalue weighted by Gasteiger charge is 2.19. The van der Waals surface area contributed by atoms with Gasteiger partial charge in [0.2, 0.25) is 0 Å². The van der Waals surface area contributed by atoms with Crippen molar-refractivity contribution in [1.29, 1.82) is 5.41 Å². The standard InChI is InChI=1S/C16H15N5O3/c17-15-14(19-24-20-15)16(18)21(22)12-7-4-8-13(9-12)23-10-11-5-2-1-3-6-11/h1-9,18,22H,10H2,(H2,17,20). The molecule has 0 aliphatic rings. The lowest BCUT2D eigenvalue weighted by Gasteiger charge is -2.17. The van der Waals surface area contributed by atoms with Gasteiger partial charge in [0.1, 0.15) is 12.4 Å². The lowest BCUT2D eigenvalue weighted by Crippen LogP contribution is -2.28. The van der Waals surface area contributed by atoms with Crippen molar-refractivity contribution >= 4 is 17.3 Å². The third-order valence-electron chi connectivity index (χ3n) is 3.26. The maximum atomic E-state index is 10.2. The molecule has 1 aromatic heterocycles. The molecular formula is C16H15N5O3. The van der Waals surface area contributed by atoms with E-state index in [1.165, 1.54) is 0 Å². The van der Waals surface area contributed by atoms with Crippen LogP contribution in [-0.4, -0.2) is 21.4 Å². The molecule has 0 amide bonds. The first-order valence-electron chi connectivity index (χ1n) is 7.08. The first-order valence-corrected chi connectivity index (χ1v) is 7.08. The lowest BCUT2D eigenvalue weighted by atomic mass is 10.2. The summed E-state index contributed by atoms with van der Waals surface area (Å²) in [5.74, 6) is 0.124. The average molecular weight is 325 g/mol. The fourth-order valence-corrected chi connectivity index (χ4v) is 2.04. The van der Waals surface area contributed by atoms with Crippen molar-refractivity contribution in [2.45, 2.75) is 6.61 Å². The fraction of sp³-hybridized carbons (Fsp3) is 0.0625. The molecule has 8 heteroatoms. The summed E-state index contributed by atoms with van der Waals surface area (Å²) in [4.78, 5) is 0. The summed E-state index contributed by atoms with van der Waals surface area (Å²) >= 11 is 0. The number of anilines is 2. The van der Waals surface area contributed by atoms with Crippen molar-refractivity contribution in [2.24, 2.45) is 0 Å². The normalized spacial score (nSPS) is 10.4. The highest BCUT2D eigenvalue weighted by atomic mass is 16.6. The van der Waals surface area contributed by atoms with Crippen molar-refractivity contribution in [3.8, 4) is 5.75 Å². The van der Waals surface area contributed by atoms with Crippen LogP contribution in [0.2, 0.25) is 0 Å². The van der Waals surface area contributed by atoms with Crippen LogP contribution < -0.4 is 15.5 Å². The second-order valence-electron chi connectivity index (χ2n) is 4.93. The summed E-state index contributed by atoms with van der Waals surface area (Å²) < 4.78 is 10.1. The van der Waals surface area contributed by atoms with E-state index in [9.17, 15) is 5.21 Å². The van der Waals surface area contributed by atoms with Gasteiger partial charge in [-0.3, -0.25) is 10.6 Å². The number of nitrogens with two attached hydrogens (primary N) is 1. The van der Waals surface area contributed by atoms with Gasteiger partial charge in [0, 0.05) is 6.07 Å². The second kappa shape index (κ2) is 6.80. The van der Waals surface area contributed by atoms with Gasteiger partial charge in [0.05, 0.1) is 5.69 Å². The van der Waals surface area contributed by atoms with Gasteiger partial charge in [0.25, 0.3) is 0 Å². The van der Waals surface area contributed by atoms with Crippen molar-refractivity contribution in [3.05, 3.63) is 65.9 Å². The highest BCUT2D eigenvalue weighted by molar-refractivity contribution is 6.07. The Morgan fingerprint density at radius 3 is 2.67 bits per heavy atom. The predicted molar refractivity (Wildman–Crippen MR) is 87.0 cm³/mol. The molecule has 0 unspecified atom stereocenters. The molecule has 24 heavy (non-hydrogen) atoms. The summed E-state index contributed by atoms with van der Waals surface area (Å²) in [6.45, 7) is 0.396. The molecule has 0 spiro atoms. The number of hydroxylamine groups is 1. The minimum Gasteiger partial charge on any atom is -0.489 e. The smallest absolute Gasteiger partial charge is 0.199 e. The molecule has 0 bridgehead atoms. The fourth-order valence-electron chi connectivity index (χ4n) is 2.04. The number of rotatable bonds is 5. The van der Waals surface area contributed by atoms with Gasteiger partial charge in [-0.15, -0.1) is 0 Å². The number of amidine groups is 1. The van der Waals surface area contributed by atoms with Crippen LogP contribution in [0.3, 0.4) is 0 Å². The second-order valence-corrected chi connectivity index (χ2v) is 4.93. The molecule has 4 N–H and O–H groups in total. The Morgan fingerprint density at radius 1 is 1.17 bits per heavy atom. The SMILES string of the molecule is N=C(c1nonc1N)N(O)c1cccc(OCc2ccccc2)c1. The van der Waals surface area contributed by atoms with Crippen LogP contribution in [-0.2, 0) is 6.61 Å². The third-order valence-corrected chi connectivity index (χ3v) is 3.26. The summed E-state index contributed by atoms with van der Waals surface area (Å²) in [6, 6.07) is 16.4. The molecule has 0 radical (unpaired) electrons. The Balaban J connectivity index is 1.72. The van der Waals surface area contributed by atoms with Crippen LogP contribution in [0.15, 0.2) is 59.2 Å². The van der Waals surface area contributed by atoms with E-state index in [0.717, 1.165) is 5.56 Å². The van der Waals surface area contributed by atoms with Crippen LogP contribution in [0.25, 0.3) is 0 Å². The maximum Gasteiger partial charge on any atom is 0.199 e. The average Bonchev–Trinajstić information content (AvgIpc) is 3.06. The lowest BCUT2D eigenvalue weighted by molar-refractivity contribution is 0.297. The number of hydrogen-bond donors (Lipinski definition) is 3. The van der Waals surface area contributed by atoms with E-state index >= 15 is 0 Å². The van der Waals surface area contributed by atoms with Gasteiger partial charge in [-0.25, -0.2) is 9.69 Å². The number of ether oxygens (including phenoxy) is 1. The van der Waals surface area contributed by atoms with Crippen LogP contribution >= 0.6 is 0 Å². The van der Waals surface area contributed by atoms with Crippen LogP contribution in [0.5, 0.6) is 5.75 Å². The van der Waals surface area contributed by atoms with E-state index in [1.54, 1.807) is 24.3 Å². The van der Waals surface area contributed by atoms with Crippen LogP contribution in [0.1, 0.15) is 11.3 Å². The van der Waals surface area contributed by atoms with E-state index in [-0.39, 0.29) is 17.3 Å². The van der Waals surface area contributed by atoms with E-state index in [4.69, 9.17) is 15.9 Å². The first-order chi connectivity index (χ1) is 11.6. The van der Waals surface area contributed by atoms with Crippen LogP contribution in [0.4, 0.5) is 11.5 Å². The minimum atomic E-state index is -0.353. The molecule has 3 rings (SSSR count). The van der Waals surface area contributed by atoms with Crippen molar-refractivity contribution in [3.63, 3.8) is 0 Å². The zero-order valence-electron chi connectivity index (χ0n) is 12.6. The maximum absolute atomic E-state index is 10.2. The van der Waals surface area contributed by atoms with E-state index in [0.29, 0.717) is 23.1 Å². The number of nitrogen functional groups attached to an aromatic ring is 1. The van der Waals surface area contributed by atoms with Crippen LogP contribution in [0, 0.1) is 5.41 Å². The Labute approximate surface area is 137 Å². The van der Waals surface area contributed by atoms with Gasteiger partial charge < -0.3 is 10.5 Å². The van der Waals surface area contributed by atoms with E-state index < -0.39 is 0 Å². The largest absolute Gasteiger partial charge is 0.489 e. The minimum absolute atomic E-state index is 0.0480. The molecule has 0 fully saturated rings. The quantitative estimate of drug-likeness (QED) is 0.374. The molecule has 0 saturated carbocycles. The number of aromatic nitrogens is 2. The van der Waals surface area contributed by atoms with Gasteiger partial charge in [-0.1, -0.05) is 36.4 Å². The zero-order valence-corrected chi connectivity index (χ0v) is 12.6. The number of nitrogens with one attached hydrogen (secondary N) is 1. The monoisotopic (exact) mass is 325 g/mol. The summed E-state index contributed by atoms with van der Waals surface area (Å²) in [6.07, 6.45) is 0. The molecular weight excluding hydrogens is 310 g/mol. The van der Waals surface area contributed by atoms with Crippen molar-refractivity contribution in [2.75, 3.05) is 10.8 Å². The van der Waals surface area contributed by atoms with Gasteiger partial charge in [-0.2, -0.15) is 0 Å². The molecule has 0 aliphatic carbocycles. The molecule has 0 atom stereocenters. The van der Waals surface area contributed by atoms with Gasteiger partial charge >= 0.3 is 0 Å². The van der Waals surface area contributed by atoms with E-state index in [1.807, 2.05) is 30.3 Å². The van der Waals surface area contributed by atoms with Gasteiger partial charge in [-0.05, 0) is 28.0 Å². The molecule has 0 saturated heterocycles. The Hall–Kier alpha value is -3.39. The Morgan fingerprint density at radius 2 is 1.96 bits per heavy atom. The zero-order chi connectivity index (χ0) is 16.9. The highest BCUT2D eigenvalue weighted by Crippen LogP contribution is 2.23. The predicted octanol–water partition coefficient (Wildman–Crippen LogP) is 2.45. The molecule has 3 aromatic rings. The summed E-state index contributed by atoms with van der Waals surface area (Å²) in [5.41, 5.74) is 6.83. The Kier molecular flexibility index (Phi) is 4.39.